The molecule has 132 valence electrons. The third kappa shape index (κ3) is 5.62. The molecule has 1 aliphatic heterocycles. The Bertz CT molecular complexity index is 528. The van der Waals surface area contributed by atoms with E-state index in [4.69, 9.17) is 10.9 Å². The summed E-state index contributed by atoms with van der Waals surface area (Å²) in [6.07, 6.45) is 4.34. The van der Waals surface area contributed by atoms with Gasteiger partial charge in [-0.2, -0.15) is 0 Å². The van der Waals surface area contributed by atoms with Crippen LogP contribution >= 0.6 is 0 Å². The second-order valence-electron chi connectivity index (χ2n) is 6.47. The van der Waals surface area contributed by atoms with Gasteiger partial charge in [0.2, 0.25) is 11.8 Å². The first-order chi connectivity index (χ1) is 11.6. The summed E-state index contributed by atoms with van der Waals surface area (Å²) in [4.78, 5) is 25.3. The van der Waals surface area contributed by atoms with Crippen molar-refractivity contribution in [1.29, 1.82) is 0 Å². The molecule has 0 spiro atoms. The molecule has 2 rings (SSSR count). The van der Waals surface area contributed by atoms with Gasteiger partial charge in [-0.1, -0.05) is 30.3 Å². The molecular formula is C18H27N3O3. The van der Waals surface area contributed by atoms with E-state index in [0.29, 0.717) is 18.8 Å². The molecule has 1 atom stereocenters. The maximum atomic E-state index is 12.4. The minimum atomic E-state index is -0.336. The highest BCUT2D eigenvalue weighted by molar-refractivity contribution is 5.77. The Labute approximate surface area is 143 Å². The zero-order valence-electron chi connectivity index (χ0n) is 14.0. The summed E-state index contributed by atoms with van der Waals surface area (Å²) in [6.45, 7) is 1.52. The van der Waals surface area contributed by atoms with Gasteiger partial charge in [0.05, 0.1) is 0 Å². The van der Waals surface area contributed by atoms with Crippen LogP contribution in [-0.2, 0) is 9.59 Å². The van der Waals surface area contributed by atoms with E-state index in [1.54, 1.807) is 5.48 Å². The van der Waals surface area contributed by atoms with Crippen LogP contribution in [0.15, 0.2) is 30.3 Å². The zero-order valence-corrected chi connectivity index (χ0v) is 14.0. The average molecular weight is 333 g/mol. The summed E-state index contributed by atoms with van der Waals surface area (Å²) in [7, 11) is 0. The lowest BCUT2D eigenvalue weighted by molar-refractivity contribution is -0.133. The van der Waals surface area contributed by atoms with Crippen LogP contribution in [-0.4, -0.2) is 35.0 Å². The lowest BCUT2D eigenvalue weighted by atomic mass is 9.91. The number of nitrogens with zero attached hydrogens (tertiary/aromatic N) is 1. The monoisotopic (exact) mass is 333 g/mol. The van der Waals surface area contributed by atoms with E-state index >= 15 is 0 Å². The van der Waals surface area contributed by atoms with Gasteiger partial charge in [-0.25, -0.2) is 5.48 Å². The fourth-order valence-electron chi connectivity index (χ4n) is 3.21. The van der Waals surface area contributed by atoms with E-state index in [0.717, 1.165) is 44.3 Å². The summed E-state index contributed by atoms with van der Waals surface area (Å²) in [6, 6.07) is 9.45. The molecule has 4 N–H and O–H groups in total. The van der Waals surface area contributed by atoms with Crippen molar-refractivity contribution < 1.29 is 14.8 Å². The molecule has 1 saturated heterocycles. The number of nitrogens with two attached hydrogens (primary N) is 1. The number of amides is 2. The fraction of sp³-hybridized carbons (Fsp3) is 0.556. The van der Waals surface area contributed by atoms with Gasteiger partial charge in [0.1, 0.15) is 0 Å². The highest BCUT2D eigenvalue weighted by Gasteiger charge is 2.24. The van der Waals surface area contributed by atoms with Gasteiger partial charge < -0.3 is 10.6 Å². The highest BCUT2D eigenvalue weighted by Crippen LogP contribution is 2.24. The predicted octanol–water partition coefficient (Wildman–Crippen LogP) is 1.99. The summed E-state index contributed by atoms with van der Waals surface area (Å²) in [5.41, 5.74) is 8.77. The Morgan fingerprint density at radius 3 is 2.54 bits per heavy atom. The summed E-state index contributed by atoms with van der Waals surface area (Å²) >= 11 is 0. The van der Waals surface area contributed by atoms with Gasteiger partial charge in [0.15, 0.2) is 0 Å². The summed E-state index contributed by atoms with van der Waals surface area (Å²) in [5, 5.41) is 8.47. The molecule has 2 amide bonds. The normalized spacial score (nSPS) is 16.7. The Kier molecular flexibility index (Phi) is 7.21. The van der Waals surface area contributed by atoms with Crippen LogP contribution in [0.1, 0.15) is 50.1 Å². The lowest BCUT2D eigenvalue weighted by Crippen LogP contribution is -2.39. The van der Waals surface area contributed by atoms with Crippen LogP contribution in [0.5, 0.6) is 0 Å². The van der Waals surface area contributed by atoms with Crippen LogP contribution in [0.4, 0.5) is 0 Å². The van der Waals surface area contributed by atoms with E-state index in [-0.39, 0.29) is 17.9 Å². The Morgan fingerprint density at radius 2 is 1.92 bits per heavy atom. The smallest absolute Gasteiger partial charge is 0.243 e. The standard InChI is InChI=1S/C18H27N3O3/c19-16(15-6-2-1-3-7-15)13-18(23)21-11-9-14(10-12-21)5-4-8-17(22)20-24/h1-3,6-7,14,16,24H,4-5,8-13,19H2,(H,20,22). The number of hydroxylamine groups is 1. The first kappa shape index (κ1) is 18.4. The molecule has 1 heterocycles. The van der Waals surface area contributed by atoms with Gasteiger partial charge in [-0.05, 0) is 37.2 Å². The highest BCUT2D eigenvalue weighted by atomic mass is 16.5. The second kappa shape index (κ2) is 9.39. The Balaban J connectivity index is 1.70. The zero-order chi connectivity index (χ0) is 17.4. The first-order valence-corrected chi connectivity index (χ1v) is 8.61. The molecule has 0 radical (unpaired) electrons. The van der Waals surface area contributed by atoms with Crippen molar-refractivity contribution >= 4 is 11.8 Å². The summed E-state index contributed by atoms with van der Waals surface area (Å²) in [5.74, 6) is 0.324. The predicted molar refractivity (Wildman–Crippen MR) is 91.1 cm³/mol. The molecule has 1 aromatic carbocycles. The number of likely N-dealkylation sites (tertiary alicyclic amines) is 1. The third-order valence-electron chi connectivity index (χ3n) is 4.73. The van der Waals surface area contributed by atoms with Crippen LogP contribution in [0, 0.1) is 5.92 Å². The van der Waals surface area contributed by atoms with E-state index in [2.05, 4.69) is 0 Å². The summed E-state index contributed by atoms with van der Waals surface area (Å²) < 4.78 is 0. The maximum absolute atomic E-state index is 12.4. The molecule has 0 aromatic heterocycles. The van der Waals surface area contributed by atoms with Gasteiger partial charge in [-0.15, -0.1) is 0 Å². The Hall–Kier alpha value is -1.92. The van der Waals surface area contributed by atoms with E-state index in [1.807, 2.05) is 35.2 Å². The first-order valence-electron chi connectivity index (χ1n) is 8.61. The van der Waals surface area contributed by atoms with Crippen molar-refractivity contribution in [2.24, 2.45) is 11.7 Å². The Morgan fingerprint density at radius 1 is 1.25 bits per heavy atom. The van der Waals surface area contributed by atoms with Gasteiger partial charge in [0, 0.05) is 32.0 Å². The molecule has 0 bridgehead atoms. The third-order valence-corrected chi connectivity index (χ3v) is 4.73. The molecule has 6 heteroatoms. The molecule has 6 nitrogen and oxygen atoms in total. The van der Waals surface area contributed by atoms with Crippen molar-refractivity contribution in [3.05, 3.63) is 35.9 Å². The van der Waals surface area contributed by atoms with Crippen molar-refractivity contribution in [2.75, 3.05) is 13.1 Å². The average Bonchev–Trinajstić information content (AvgIpc) is 2.62. The van der Waals surface area contributed by atoms with Gasteiger partial charge in [-0.3, -0.25) is 14.8 Å². The second-order valence-corrected chi connectivity index (χ2v) is 6.47. The van der Waals surface area contributed by atoms with Crippen LogP contribution in [0.2, 0.25) is 0 Å². The van der Waals surface area contributed by atoms with E-state index < -0.39 is 0 Å². The minimum absolute atomic E-state index is 0.115. The number of piperidine rings is 1. The number of hydrogen-bond donors (Lipinski definition) is 3. The number of nitrogens with one attached hydrogen (secondary N) is 1. The fourth-order valence-corrected chi connectivity index (χ4v) is 3.21. The van der Waals surface area contributed by atoms with E-state index in [9.17, 15) is 9.59 Å². The van der Waals surface area contributed by atoms with Gasteiger partial charge in [0.25, 0.3) is 0 Å². The molecule has 24 heavy (non-hydrogen) atoms. The molecule has 1 fully saturated rings. The van der Waals surface area contributed by atoms with Crippen molar-refractivity contribution in [3.8, 4) is 0 Å². The number of carbonyl (C=O) groups excluding carboxylic acids is 2. The van der Waals surface area contributed by atoms with Crippen LogP contribution < -0.4 is 11.2 Å². The molecule has 0 aliphatic carbocycles. The number of benzene rings is 1. The minimum Gasteiger partial charge on any atom is -0.343 e. The van der Waals surface area contributed by atoms with Crippen LogP contribution in [0.25, 0.3) is 0 Å². The maximum Gasteiger partial charge on any atom is 0.243 e. The molecule has 0 saturated carbocycles. The number of hydrogen-bond acceptors (Lipinski definition) is 4. The molecule has 1 aromatic rings. The van der Waals surface area contributed by atoms with Crippen molar-refractivity contribution in [3.63, 3.8) is 0 Å². The van der Waals surface area contributed by atoms with Gasteiger partial charge >= 0.3 is 0 Å². The lowest BCUT2D eigenvalue weighted by Gasteiger charge is -2.32. The number of rotatable bonds is 7. The number of carbonyl (C=O) groups is 2. The van der Waals surface area contributed by atoms with Crippen LogP contribution in [0.3, 0.4) is 0 Å². The molecule has 1 unspecified atom stereocenters. The molecular weight excluding hydrogens is 306 g/mol. The SMILES string of the molecule is NC(CC(=O)N1CCC(CCCC(=O)NO)CC1)c1ccccc1. The van der Waals surface area contributed by atoms with Crippen molar-refractivity contribution in [2.45, 2.75) is 44.6 Å². The topological polar surface area (TPSA) is 95.7 Å². The van der Waals surface area contributed by atoms with Crippen molar-refractivity contribution in [1.82, 2.24) is 10.4 Å². The largest absolute Gasteiger partial charge is 0.343 e. The quantitative estimate of drug-likeness (QED) is 0.525. The van der Waals surface area contributed by atoms with E-state index in [1.165, 1.54) is 0 Å². The molecule has 1 aliphatic rings.